The van der Waals surface area contributed by atoms with Gasteiger partial charge < -0.3 is 9.30 Å². The van der Waals surface area contributed by atoms with Crippen molar-refractivity contribution in [1.29, 1.82) is 0 Å². The van der Waals surface area contributed by atoms with E-state index in [9.17, 15) is 9.18 Å². The summed E-state index contributed by atoms with van der Waals surface area (Å²) in [7, 11) is 1.88. The van der Waals surface area contributed by atoms with Crippen molar-refractivity contribution in [3.8, 4) is 11.4 Å². The minimum Gasteiger partial charge on any atom is -0.489 e. The second-order valence-electron chi connectivity index (χ2n) is 7.55. The number of hydrogen-bond donors (Lipinski definition) is 0. The van der Waals surface area contributed by atoms with Crippen LogP contribution in [0.1, 0.15) is 23.7 Å². The molecular weight excluding hydrogens is 405 g/mol. The van der Waals surface area contributed by atoms with Crippen molar-refractivity contribution in [3.05, 3.63) is 87.6 Å². The molecule has 0 aliphatic heterocycles. The fraction of sp³-hybridized carbons (Fsp3) is 0.217. The fourth-order valence-electron chi connectivity index (χ4n) is 3.62. The van der Waals surface area contributed by atoms with Crippen LogP contribution < -0.4 is 10.3 Å². The molecule has 1 aliphatic rings. The van der Waals surface area contributed by atoms with E-state index >= 15 is 0 Å². The highest BCUT2D eigenvalue weighted by atomic mass is 35.5. The Labute approximate surface area is 177 Å². The van der Waals surface area contributed by atoms with Crippen LogP contribution >= 0.6 is 11.6 Å². The van der Waals surface area contributed by atoms with Crippen molar-refractivity contribution in [2.45, 2.75) is 25.1 Å². The lowest BCUT2D eigenvalue weighted by atomic mass is 10.2. The van der Waals surface area contributed by atoms with E-state index in [1.54, 1.807) is 29.0 Å². The lowest BCUT2D eigenvalue weighted by Crippen LogP contribution is -2.16. The molecule has 2 unspecified atom stereocenters. The van der Waals surface area contributed by atoms with Gasteiger partial charge in [0.1, 0.15) is 24.4 Å². The molecular formula is C23H19ClFN3O2. The zero-order valence-electron chi connectivity index (χ0n) is 16.3. The van der Waals surface area contributed by atoms with Crippen LogP contribution in [0.4, 0.5) is 4.39 Å². The van der Waals surface area contributed by atoms with Crippen LogP contribution in [-0.4, -0.2) is 20.3 Å². The molecule has 0 bridgehead atoms. The number of benzene rings is 2. The van der Waals surface area contributed by atoms with Gasteiger partial charge >= 0.3 is 0 Å². The van der Waals surface area contributed by atoms with Crippen LogP contribution in [0.25, 0.3) is 16.7 Å². The Kier molecular flexibility index (Phi) is 4.59. The van der Waals surface area contributed by atoms with Crippen LogP contribution in [-0.2, 0) is 13.7 Å². The average Bonchev–Trinajstić information content (AvgIpc) is 3.38. The SMILES string of the molecule is Cn1c(C2CC2F)nc2ccc(-n3ccc(OCc4ccc(Cl)cc4)cc3=O)cc21. The third-order valence-corrected chi connectivity index (χ3v) is 5.68. The second kappa shape index (κ2) is 7.29. The molecule has 2 aromatic heterocycles. The maximum Gasteiger partial charge on any atom is 0.258 e. The highest BCUT2D eigenvalue weighted by molar-refractivity contribution is 6.30. The lowest BCUT2D eigenvalue weighted by Gasteiger charge is -2.10. The number of nitrogens with zero attached hydrogens (tertiary/aromatic N) is 3. The van der Waals surface area contributed by atoms with E-state index in [0.29, 0.717) is 23.8 Å². The molecule has 2 atom stereocenters. The largest absolute Gasteiger partial charge is 0.489 e. The first kappa shape index (κ1) is 18.9. The maximum atomic E-state index is 13.5. The first-order valence-corrected chi connectivity index (χ1v) is 10.1. The number of pyridine rings is 1. The number of fused-ring (bicyclic) bond motifs is 1. The summed E-state index contributed by atoms with van der Waals surface area (Å²) in [5, 5.41) is 0.667. The molecule has 2 aromatic carbocycles. The predicted octanol–water partition coefficient (Wildman–Crippen LogP) is 4.78. The maximum absolute atomic E-state index is 13.5. The monoisotopic (exact) mass is 423 g/mol. The lowest BCUT2D eigenvalue weighted by molar-refractivity contribution is 0.305. The van der Waals surface area contributed by atoms with E-state index in [1.807, 2.05) is 41.9 Å². The summed E-state index contributed by atoms with van der Waals surface area (Å²) in [4.78, 5) is 17.2. The number of halogens is 2. The molecule has 5 nitrogen and oxygen atoms in total. The minimum atomic E-state index is -0.803. The van der Waals surface area contributed by atoms with E-state index in [1.165, 1.54) is 6.07 Å². The van der Waals surface area contributed by atoms with Crippen molar-refractivity contribution in [1.82, 2.24) is 14.1 Å². The Morgan fingerprint density at radius 3 is 2.63 bits per heavy atom. The van der Waals surface area contributed by atoms with Gasteiger partial charge in [-0.3, -0.25) is 9.36 Å². The highest BCUT2D eigenvalue weighted by Crippen LogP contribution is 2.43. The third kappa shape index (κ3) is 3.48. The van der Waals surface area contributed by atoms with E-state index in [-0.39, 0.29) is 11.5 Å². The molecule has 30 heavy (non-hydrogen) atoms. The van der Waals surface area contributed by atoms with Gasteiger partial charge in [0.25, 0.3) is 5.56 Å². The summed E-state index contributed by atoms with van der Waals surface area (Å²) < 4.78 is 22.7. The summed E-state index contributed by atoms with van der Waals surface area (Å²) in [5.41, 5.74) is 3.16. The molecule has 0 spiro atoms. The van der Waals surface area contributed by atoms with Gasteiger partial charge in [0, 0.05) is 24.3 Å². The first-order valence-electron chi connectivity index (χ1n) is 9.70. The number of hydrogen-bond acceptors (Lipinski definition) is 3. The molecule has 1 saturated carbocycles. The van der Waals surface area contributed by atoms with Gasteiger partial charge in [-0.05, 0) is 48.4 Å². The van der Waals surface area contributed by atoms with Crippen LogP contribution in [0.3, 0.4) is 0 Å². The normalized spacial score (nSPS) is 18.0. The molecule has 0 radical (unpaired) electrons. The zero-order chi connectivity index (χ0) is 20.8. The average molecular weight is 424 g/mol. The van der Waals surface area contributed by atoms with Crippen LogP contribution in [0.2, 0.25) is 5.02 Å². The minimum absolute atomic E-state index is 0.120. The Balaban J connectivity index is 1.40. The number of imidazole rings is 1. The standard InChI is InChI=1S/C23H19ClFN3O2/c1-27-21-10-16(6-7-20(21)26-23(27)18-12-19(18)25)28-9-8-17(11-22(28)29)30-13-14-2-4-15(24)5-3-14/h2-11,18-19H,12-13H2,1H3. The zero-order valence-corrected chi connectivity index (χ0v) is 17.0. The molecule has 1 fully saturated rings. The number of ether oxygens (including phenoxy) is 1. The van der Waals surface area contributed by atoms with Gasteiger partial charge in [-0.1, -0.05) is 23.7 Å². The Bertz CT molecular complexity index is 1300. The highest BCUT2D eigenvalue weighted by Gasteiger charge is 2.42. The number of alkyl halides is 1. The molecule has 0 N–H and O–H groups in total. The summed E-state index contributed by atoms with van der Waals surface area (Å²) >= 11 is 5.89. The molecule has 0 saturated heterocycles. The van der Waals surface area contributed by atoms with Gasteiger partial charge in [0.15, 0.2) is 0 Å². The van der Waals surface area contributed by atoms with Crippen LogP contribution in [0.5, 0.6) is 5.75 Å². The van der Waals surface area contributed by atoms with Gasteiger partial charge in [0.05, 0.1) is 22.6 Å². The first-order chi connectivity index (χ1) is 14.5. The van der Waals surface area contributed by atoms with E-state index in [2.05, 4.69) is 4.98 Å². The predicted molar refractivity (Wildman–Crippen MR) is 114 cm³/mol. The van der Waals surface area contributed by atoms with Crippen molar-refractivity contribution in [2.75, 3.05) is 0 Å². The molecule has 5 rings (SSSR count). The van der Waals surface area contributed by atoms with Crippen LogP contribution in [0, 0.1) is 0 Å². The van der Waals surface area contributed by atoms with E-state index < -0.39 is 6.17 Å². The van der Waals surface area contributed by atoms with Gasteiger partial charge in [0.2, 0.25) is 0 Å². The molecule has 0 amide bonds. The van der Waals surface area contributed by atoms with Gasteiger partial charge in [-0.25, -0.2) is 9.37 Å². The number of aromatic nitrogens is 3. The molecule has 4 aromatic rings. The molecule has 152 valence electrons. The third-order valence-electron chi connectivity index (χ3n) is 5.43. The molecule has 2 heterocycles. The summed E-state index contributed by atoms with van der Waals surface area (Å²) in [5.74, 6) is 1.14. The topological polar surface area (TPSA) is 49.0 Å². The van der Waals surface area contributed by atoms with Crippen LogP contribution in [0.15, 0.2) is 65.6 Å². The van der Waals surface area contributed by atoms with E-state index in [4.69, 9.17) is 16.3 Å². The Morgan fingerprint density at radius 1 is 1.17 bits per heavy atom. The molecule has 7 heteroatoms. The fourth-order valence-corrected chi connectivity index (χ4v) is 3.75. The quantitative estimate of drug-likeness (QED) is 0.464. The number of aryl methyl sites for hydroxylation is 1. The smallest absolute Gasteiger partial charge is 0.258 e. The van der Waals surface area contributed by atoms with Crippen molar-refractivity contribution >= 4 is 22.6 Å². The summed E-state index contributed by atoms with van der Waals surface area (Å²) in [6.45, 7) is 0.348. The van der Waals surface area contributed by atoms with E-state index in [0.717, 1.165) is 28.1 Å². The van der Waals surface area contributed by atoms with Crippen molar-refractivity contribution in [3.63, 3.8) is 0 Å². The van der Waals surface area contributed by atoms with Crippen molar-refractivity contribution in [2.24, 2.45) is 7.05 Å². The Morgan fingerprint density at radius 2 is 1.93 bits per heavy atom. The number of rotatable bonds is 5. The summed E-state index contributed by atoms with van der Waals surface area (Å²) in [6.07, 6.45) is 1.42. The van der Waals surface area contributed by atoms with Gasteiger partial charge in [-0.2, -0.15) is 0 Å². The van der Waals surface area contributed by atoms with Crippen molar-refractivity contribution < 1.29 is 9.13 Å². The van der Waals surface area contributed by atoms with Gasteiger partial charge in [-0.15, -0.1) is 0 Å². The summed E-state index contributed by atoms with van der Waals surface area (Å²) in [6, 6.07) is 16.2. The molecule has 1 aliphatic carbocycles. The second-order valence-corrected chi connectivity index (χ2v) is 7.98. The Hall–Kier alpha value is -3.12.